The fraction of sp³-hybridized carbons (Fsp3) is 0.190. The summed E-state index contributed by atoms with van der Waals surface area (Å²) in [5.74, 6) is -1.13. The summed E-state index contributed by atoms with van der Waals surface area (Å²) in [6.45, 7) is 0.904. The van der Waals surface area contributed by atoms with Crippen LogP contribution in [0, 0.1) is 0 Å². The lowest BCUT2D eigenvalue weighted by Gasteiger charge is -2.21. The molecule has 0 spiro atoms. The Morgan fingerprint density at radius 2 is 1.92 bits per heavy atom. The van der Waals surface area contributed by atoms with Crippen molar-refractivity contribution in [2.75, 3.05) is 0 Å². The molecule has 0 N–H and O–H groups in total. The predicted octanol–water partition coefficient (Wildman–Crippen LogP) is 3.81. The van der Waals surface area contributed by atoms with Gasteiger partial charge in [-0.1, -0.05) is 41.9 Å². The summed E-state index contributed by atoms with van der Waals surface area (Å²) in [5, 5.41) is 13.1. The first-order valence-electron chi connectivity index (χ1n) is 8.40. The van der Waals surface area contributed by atoms with E-state index in [1.165, 1.54) is 17.0 Å². The van der Waals surface area contributed by atoms with Crippen LogP contribution >= 0.6 is 11.6 Å². The van der Waals surface area contributed by atoms with Crippen LogP contribution in [0.15, 0.2) is 54.6 Å². The van der Waals surface area contributed by atoms with Crippen molar-refractivity contribution in [3.8, 4) is 0 Å². The molecule has 1 aromatic heterocycles. The van der Waals surface area contributed by atoms with Crippen molar-refractivity contribution in [3.63, 3.8) is 0 Å². The summed E-state index contributed by atoms with van der Waals surface area (Å²) < 4.78 is 2.25. The Balaban J connectivity index is 1.93. The molecule has 1 aliphatic heterocycles. The quantitative estimate of drug-likeness (QED) is 0.674. The molecule has 25 heavy (non-hydrogen) atoms. The number of rotatable bonds is 3. The Labute approximate surface area is 151 Å². The van der Waals surface area contributed by atoms with Crippen LogP contribution in [0.2, 0.25) is 5.02 Å². The number of carboxylic acids is 1. The molecule has 126 valence electrons. The number of hydrogen-bond acceptors (Lipinski definition) is 2. The minimum absolute atomic E-state index is 0.713. The van der Waals surface area contributed by atoms with E-state index in [1.54, 1.807) is 0 Å². The number of nitrogens with zero attached hydrogens (tertiary/aromatic N) is 1. The van der Waals surface area contributed by atoms with Crippen molar-refractivity contribution in [1.29, 1.82) is 0 Å². The molecule has 0 atom stereocenters. The SMILES string of the molecule is O=C([O-])/C=C1/CCCn2c1c(Cc1ccc(Cl)cc1)c1ccccc12. The fourth-order valence-corrected chi connectivity index (χ4v) is 3.91. The summed E-state index contributed by atoms with van der Waals surface area (Å²) in [5.41, 5.74) is 5.37. The number of benzene rings is 2. The molecule has 0 aliphatic carbocycles. The average molecular weight is 351 g/mol. The van der Waals surface area contributed by atoms with Gasteiger partial charge in [0.2, 0.25) is 0 Å². The van der Waals surface area contributed by atoms with Gasteiger partial charge in [-0.2, -0.15) is 0 Å². The Morgan fingerprint density at radius 3 is 2.68 bits per heavy atom. The summed E-state index contributed by atoms with van der Waals surface area (Å²) in [4.78, 5) is 11.2. The van der Waals surface area contributed by atoms with Gasteiger partial charge in [-0.15, -0.1) is 0 Å². The van der Waals surface area contributed by atoms with E-state index in [0.29, 0.717) is 5.02 Å². The number of carbonyl (C=O) groups excluding carboxylic acids is 1. The lowest BCUT2D eigenvalue weighted by atomic mass is 9.95. The second-order valence-electron chi connectivity index (χ2n) is 6.39. The largest absolute Gasteiger partial charge is 0.545 e. The van der Waals surface area contributed by atoms with E-state index >= 15 is 0 Å². The van der Waals surface area contributed by atoms with Crippen LogP contribution in [-0.4, -0.2) is 10.5 Å². The van der Waals surface area contributed by atoms with Crippen molar-refractivity contribution in [1.82, 2.24) is 4.57 Å². The first-order valence-corrected chi connectivity index (χ1v) is 8.78. The van der Waals surface area contributed by atoms with Gasteiger partial charge in [0, 0.05) is 34.6 Å². The predicted molar refractivity (Wildman–Crippen MR) is 98.4 cm³/mol. The highest BCUT2D eigenvalue weighted by molar-refractivity contribution is 6.30. The Hall–Kier alpha value is -2.52. The van der Waals surface area contributed by atoms with Gasteiger partial charge >= 0.3 is 0 Å². The van der Waals surface area contributed by atoms with Gasteiger partial charge in [-0.25, -0.2) is 0 Å². The topological polar surface area (TPSA) is 45.1 Å². The molecule has 0 fully saturated rings. The van der Waals surface area contributed by atoms with E-state index < -0.39 is 5.97 Å². The Bertz CT molecular complexity index is 983. The molecule has 0 radical (unpaired) electrons. The Kier molecular flexibility index (Phi) is 4.10. The molecule has 0 bridgehead atoms. The molecule has 3 nitrogen and oxygen atoms in total. The first kappa shape index (κ1) is 16.0. The number of para-hydroxylation sites is 1. The third-order valence-corrected chi connectivity index (χ3v) is 5.05. The second-order valence-corrected chi connectivity index (χ2v) is 6.83. The van der Waals surface area contributed by atoms with Crippen LogP contribution in [0.1, 0.15) is 29.7 Å². The molecule has 4 heteroatoms. The fourth-order valence-electron chi connectivity index (χ4n) is 3.79. The van der Waals surface area contributed by atoms with E-state index in [4.69, 9.17) is 11.6 Å². The lowest BCUT2D eigenvalue weighted by Crippen LogP contribution is -2.21. The number of hydrogen-bond donors (Lipinski definition) is 0. The van der Waals surface area contributed by atoms with E-state index in [9.17, 15) is 9.90 Å². The minimum atomic E-state index is -1.13. The van der Waals surface area contributed by atoms with E-state index in [1.807, 2.05) is 36.4 Å². The monoisotopic (exact) mass is 350 g/mol. The van der Waals surface area contributed by atoms with Crippen LogP contribution in [0.5, 0.6) is 0 Å². The van der Waals surface area contributed by atoms with Crippen molar-refractivity contribution in [2.24, 2.45) is 0 Å². The van der Waals surface area contributed by atoms with E-state index in [0.717, 1.165) is 48.2 Å². The highest BCUT2D eigenvalue weighted by Crippen LogP contribution is 2.37. The first-order chi connectivity index (χ1) is 12.1. The van der Waals surface area contributed by atoms with Gasteiger partial charge < -0.3 is 14.5 Å². The van der Waals surface area contributed by atoms with E-state index in [2.05, 4.69) is 16.7 Å². The standard InChI is InChI=1S/C21H18ClNO2/c22-16-9-7-14(8-10-16)12-18-17-5-1-2-6-19(17)23-11-3-4-15(21(18)23)13-20(24)25/h1-2,5-10,13H,3-4,11-12H2,(H,24,25)/p-1/b15-13-. The Morgan fingerprint density at radius 1 is 1.16 bits per heavy atom. The number of allylic oxidation sites excluding steroid dienone is 1. The average Bonchev–Trinajstić information content (AvgIpc) is 2.92. The maximum Gasteiger partial charge on any atom is 0.0646 e. The van der Waals surface area contributed by atoms with Crippen LogP contribution in [0.25, 0.3) is 16.5 Å². The zero-order valence-electron chi connectivity index (χ0n) is 13.7. The summed E-state index contributed by atoms with van der Waals surface area (Å²) in [6.07, 6.45) is 3.70. The van der Waals surface area contributed by atoms with E-state index in [-0.39, 0.29) is 0 Å². The molecule has 0 amide bonds. The number of aliphatic carboxylic acids is 1. The number of halogens is 1. The van der Waals surface area contributed by atoms with Gasteiger partial charge in [0.05, 0.1) is 5.97 Å². The number of aryl methyl sites for hydroxylation is 1. The van der Waals surface area contributed by atoms with Crippen LogP contribution < -0.4 is 5.11 Å². The molecule has 3 aromatic rings. The second kappa shape index (κ2) is 6.41. The van der Waals surface area contributed by atoms with Crippen LogP contribution in [0.4, 0.5) is 0 Å². The maximum atomic E-state index is 11.2. The molecule has 0 saturated carbocycles. The molecular weight excluding hydrogens is 334 g/mol. The number of carbonyl (C=O) groups is 1. The number of fused-ring (bicyclic) bond motifs is 3. The summed E-state index contributed by atoms with van der Waals surface area (Å²) in [7, 11) is 0. The third-order valence-electron chi connectivity index (χ3n) is 4.79. The zero-order valence-corrected chi connectivity index (χ0v) is 14.4. The van der Waals surface area contributed by atoms with Crippen molar-refractivity contribution in [3.05, 3.63) is 76.5 Å². The molecular formula is C21H17ClNO2-. The third kappa shape index (κ3) is 2.96. The van der Waals surface area contributed by atoms with Gasteiger partial charge in [-0.3, -0.25) is 0 Å². The molecule has 2 heterocycles. The molecule has 1 aliphatic rings. The van der Waals surface area contributed by atoms with Gasteiger partial charge in [0.1, 0.15) is 0 Å². The molecule has 4 rings (SSSR count). The van der Waals surface area contributed by atoms with Crippen molar-refractivity contribution >= 4 is 34.0 Å². The van der Waals surface area contributed by atoms with Gasteiger partial charge in [0.25, 0.3) is 0 Å². The minimum Gasteiger partial charge on any atom is -0.545 e. The highest BCUT2D eigenvalue weighted by Gasteiger charge is 2.23. The highest BCUT2D eigenvalue weighted by atomic mass is 35.5. The van der Waals surface area contributed by atoms with Crippen molar-refractivity contribution < 1.29 is 9.90 Å². The van der Waals surface area contributed by atoms with Crippen LogP contribution in [-0.2, 0) is 17.8 Å². The summed E-state index contributed by atoms with van der Waals surface area (Å²) in [6, 6.07) is 16.1. The van der Waals surface area contributed by atoms with Gasteiger partial charge in [-0.05, 0) is 53.8 Å². The number of carboxylic acid groups (broad SMARTS) is 1. The van der Waals surface area contributed by atoms with Gasteiger partial charge in [0.15, 0.2) is 0 Å². The summed E-state index contributed by atoms with van der Waals surface area (Å²) >= 11 is 6.00. The molecule has 0 unspecified atom stereocenters. The van der Waals surface area contributed by atoms with Crippen molar-refractivity contribution in [2.45, 2.75) is 25.8 Å². The molecule has 0 saturated heterocycles. The maximum absolute atomic E-state index is 11.2. The zero-order chi connectivity index (χ0) is 17.4. The normalized spacial score (nSPS) is 15.5. The lowest BCUT2D eigenvalue weighted by molar-refractivity contribution is -0.297. The molecule has 2 aromatic carbocycles. The van der Waals surface area contributed by atoms with Crippen LogP contribution in [0.3, 0.4) is 0 Å². The number of aromatic nitrogens is 1. The smallest absolute Gasteiger partial charge is 0.0646 e.